The van der Waals surface area contributed by atoms with Crippen LogP contribution >= 0.6 is 11.6 Å². The molecule has 3 rings (SSSR count). The number of likely N-dealkylation sites (N-methyl/N-ethyl adjacent to an activating group) is 1. The van der Waals surface area contributed by atoms with Gasteiger partial charge >= 0.3 is 0 Å². The van der Waals surface area contributed by atoms with E-state index in [0.717, 1.165) is 25.2 Å². The molecule has 1 fully saturated rings. The molecule has 7 nitrogen and oxygen atoms in total. The van der Waals surface area contributed by atoms with Crippen LogP contribution in [0.25, 0.3) is 0 Å². The molecule has 1 aliphatic heterocycles. The molecule has 0 saturated carbocycles. The topological polar surface area (TPSA) is 79.0 Å². The molecule has 0 spiro atoms. The number of hydrogen-bond acceptors (Lipinski definition) is 5. The normalized spacial score (nSPS) is 16.2. The Morgan fingerprint density at radius 1 is 1.13 bits per heavy atom. The Morgan fingerprint density at radius 2 is 1.81 bits per heavy atom. The average Bonchev–Trinajstić information content (AvgIpc) is 2.78. The van der Waals surface area contributed by atoms with Crippen LogP contribution in [0.2, 0.25) is 5.02 Å². The largest absolute Gasteiger partial charge is 0.495 e. The highest BCUT2D eigenvalue weighted by Crippen LogP contribution is 2.27. The molecule has 1 heterocycles. The Morgan fingerprint density at radius 3 is 2.39 bits per heavy atom. The van der Waals surface area contributed by atoms with Gasteiger partial charge in [0.15, 0.2) is 0 Å². The maximum Gasteiger partial charge on any atom is 0.241 e. The molecule has 2 aromatic carbocycles. The molecule has 9 heteroatoms. The van der Waals surface area contributed by atoms with Crippen molar-refractivity contribution in [3.8, 4) is 5.75 Å². The quantitative estimate of drug-likeness (QED) is 0.647. The van der Waals surface area contributed by atoms with Crippen LogP contribution in [0.15, 0.2) is 53.4 Å². The highest BCUT2D eigenvalue weighted by molar-refractivity contribution is 7.89. The van der Waals surface area contributed by atoms with Crippen LogP contribution in [0.1, 0.15) is 12.5 Å². The Labute approximate surface area is 189 Å². The summed E-state index contributed by atoms with van der Waals surface area (Å²) >= 11 is 6.12. The summed E-state index contributed by atoms with van der Waals surface area (Å²) < 4.78 is 33.9. The summed E-state index contributed by atoms with van der Waals surface area (Å²) in [6.07, 6.45) is 0.261. The van der Waals surface area contributed by atoms with Gasteiger partial charge in [-0.25, -0.2) is 8.42 Å². The van der Waals surface area contributed by atoms with Crippen molar-refractivity contribution in [1.82, 2.24) is 14.5 Å². The van der Waals surface area contributed by atoms with Crippen LogP contribution in [-0.2, 0) is 21.2 Å². The molecule has 0 bridgehead atoms. The lowest BCUT2D eigenvalue weighted by Gasteiger charge is -2.36. The van der Waals surface area contributed by atoms with Crippen LogP contribution in [0.5, 0.6) is 5.75 Å². The molecule has 0 unspecified atom stereocenters. The lowest BCUT2D eigenvalue weighted by Crippen LogP contribution is -2.55. The second-order valence-electron chi connectivity index (χ2n) is 7.42. The number of piperazine rings is 1. The Balaban J connectivity index is 1.83. The first-order chi connectivity index (χ1) is 14.8. The Bertz CT molecular complexity index is 993. The van der Waals surface area contributed by atoms with Crippen LogP contribution in [0, 0.1) is 0 Å². The number of halogens is 1. The van der Waals surface area contributed by atoms with E-state index in [1.165, 1.54) is 25.3 Å². The van der Waals surface area contributed by atoms with Crippen LogP contribution < -0.4 is 9.46 Å². The van der Waals surface area contributed by atoms with Crippen molar-refractivity contribution in [3.05, 3.63) is 59.1 Å². The third-order valence-corrected chi connectivity index (χ3v) is 7.21. The standard InChI is InChI=1S/C22H28ClN3O4S/c1-3-25-11-13-26(14-12-25)22(27)20(15-17-7-5-4-6-8-17)24-31(28,29)18-9-10-21(30-2)19(23)16-18/h4-10,16,20,24H,3,11-15H2,1-2H3/t20-/m0/s1. The molecule has 0 radical (unpaired) electrons. The van der Waals surface area contributed by atoms with Gasteiger partial charge in [0.25, 0.3) is 0 Å². The number of ether oxygens (including phenoxy) is 1. The SMILES string of the molecule is CCN1CCN(C(=O)[C@H](Cc2ccccc2)NS(=O)(=O)c2ccc(OC)c(Cl)c2)CC1. The fraction of sp³-hybridized carbons (Fsp3) is 0.409. The van der Waals surface area contributed by atoms with Crippen LogP contribution in [0.3, 0.4) is 0 Å². The van der Waals surface area contributed by atoms with E-state index in [4.69, 9.17) is 16.3 Å². The van der Waals surface area contributed by atoms with E-state index >= 15 is 0 Å². The summed E-state index contributed by atoms with van der Waals surface area (Å²) in [6.45, 7) is 5.73. The van der Waals surface area contributed by atoms with Crippen molar-refractivity contribution in [2.45, 2.75) is 24.3 Å². The predicted octanol–water partition coefficient (Wildman–Crippen LogP) is 2.40. The average molecular weight is 466 g/mol. The van der Waals surface area contributed by atoms with Crippen molar-refractivity contribution in [1.29, 1.82) is 0 Å². The number of hydrogen-bond donors (Lipinski definition) is 1. The van der Waals surface area contributed by atoms with Crippen molar-refractivity contribution >= 4 is 27.5 Å². The van der Waals surface area contributed by atoms with E-state index in [2.05, 4.69) is 16.5 Å². The number of carbonyl (C=O) groups excluding carboxylic acids is 1. The van der Waals surface area contributed by atoms with E-state index in [0.29, 0.717) is 18.8 Å². The highest BCUT2D eigenvalue weighted by Gasteiger charge is 2.31. The van der Waals surface area contributed by atoms with E-state index in [1.54, 1.807) is 4.90 Å². The number of rotatable bonds is 8. The first kappa shape index (κ1) is 23.5. The molecule has 2 aromatic rings. The molecular formula is C22H28ClN3O4S. The molecule has 0 aliphatic carbocycles. The Hall–Kier alpha value is -2.13. The number of nitrogens with zero attached hydrogens (tertiary/aromatic N) is 2. The zero-order valence-electron chi connectivity index (χ0n) is 17.8. The summed E-state index contributed by atoms with van der Waals surface area (Å²) in [7, 11) is -2.52. The lowest BCUT2D eigenvalue weighted by molar-refractivity contribution is -0.134. The Kier molecular flexibility index (Phi) is 7.94. The van der Waals surface area contributed by atoms with E-state index in [9.17, 15) is 13.2 Å². The van der Waals surface area contributed by atoms with Crippen LogP contribution in [-0.4, -0.2) is 70.0 Å². The third-order valence-electron chi connectivity index (χ3n) is 5.44. The van der Waals surface area contributed by atoms with Crippen molar-refractivity contribution in [3.63, 3.8) is 0 Å². The number of nitrogens with one attached hydrogen (secondary N) is 1. The first-order valence-corrected chi connectivity index (χ1v) is 12.1. The number of carbonyl (C=O) groups is 1. The molecule has 1 aliphatic rings. The fourth-order valence-corrected chi connectivity index (χ4v) is 5.14. The number of methoxy groups -OCH3 is 1. The smallest absolute Gasteiger partial charge is 0.241 e. The molecule has 1 N–H and O–H groups in total. The van der Waals surface area contributed by atoms with Gasteiger partial charge in [-0.05, 0) is 36.7 Å². The second kappa shape index (κ2) is 10.5. The van der Waals surface area contributed by atoms with Gasteiger partial charge in [-0.2, -0.15) is 4.72 Å². The molecule has 0 aromatic heterocycles. The minimum Gasteiger partial charge on any atom is -0.495 e. The van der Waals surface area contributed by atoms with E-state index in [-0.39, 0.29) is 22.2 Å². The first-order valence-electron chi connectivity index (χ1n) is 10.2. The van der Waals surface area contributed by atoms with Gasteiger partial charge in [0.1, 0.15) is 11.8 Å². The van der Waals surface area contributed by atoms with Gasteiger partial charge in [0.2, 0.25) is 15.9 Å². The number of amides is 1. The lowest BCUT2D eigenvalue weighted by atomic mass is 10.1. The summed E-state index contributed by atoms with van der Waals surface area (Å²) in [5.74, 6) is 0.161. The minimum atomic E-state index is -3.97. The number of benzene rings is 2. The maximum atomic E-state index is 13.3. The predicted molar refractivity (Wildman–Crippen MR) is 121 cm³/mol. The van der Waals surface area contributed by atoms with Crippen molar-refractivity contribution < 1.29 is 17.9 Å². The highest BCUT2D eigenvalue weighted by atomic mass is 35.5. The third kappa shape index (κ3) is 5.98. The zero-order chi connectivity index (χ0) is 22.4. The zero-order valence-corrected chi connectivity index (χ0v) is 19.3. The van der Waals surface area contributed by atoms with Gasteiger partial charge in [-0.1, -0.05) is 48.9 Å². The molecule has 1 amide bonds. The molecule has 1 saturated heterocycles. The van der Waals surface area contributed by atoms with Crippen molar-refractivity contribution in [2.75, 3.05) is 39.8 Å². The van der Waals surface area contributed by atoms with Gasteiger partial charge in [-0.15, -0.1) is 0 Å². The second-order valence-corrected chi connectivity index (χ2v) is 9.54. The maximum absolute atomic E-state index is 13.3. The van der Waals surface area contributed by atoms with E-state index in [1.807, 2.05) is 30.3 Å². The fourth-order valence-electron chi connectivity index (χ4n) is 3.60. The van der Waals surface area contributed by atoms with E-state index < -0.39 is 16.1 Å². The van der Waals surface area contributed by atoms with Gasteiger partial charge in [-0.3, -0.25) is 4.79 Å². The van der Waals surface area contributed by atoms with Gasteiger partial charge in [0.05, 0.1) is 17.0 Å². The number of sulfonamides is 1. The summed E-state index contributed by atoms with van der Waals surface area (Å²) in [5.41, 5.74) is 0.878. The molecule has 31 heavy (non-hydrogen) atoms. The monoisotopic (exact) mass is 465 g/mol. The molecule has 1 atom stereocenters. The minimum absolute atomic E-state index is 0.0139. The van der Waals surface area contributed by atoms with Gasteiger partial charge in [0, 0.05) is 26.2 Å². The van der Waals surface area contributed by atoms with Crippen molar-refractivity contribution in [2.24, 2.45) is 0 Å². The summed E-state index contributed by atoms with van der Waals surface area (Å²) in [6, 6.07) is 12.7. The molecular weight excluding hydrogens is 438 g/mol. The van der Waals surface area contributed by atoms with Gasteiger partial charge < -0.3 is 14.5 Å². The van der Waals surface area contributed by atoms with Crippen LogP contribution in [0.4, 0.5) is 0 Å². The molecule has 168 valence electrons. The summed E-state index contributed by atoms with van der Waals surface area (Å²) in [4.78, 5) is 17.3. The summed E-state index contributed by atoms with van der Waals surface area (Å²) in [5, 5.41) is 0.187.